The van der Waals surface area contributed by atoms with E-state index < -0.39 is 6.17 Å². The molecular weight excluding hydrogens is 279 g/mol. The molecule has 0 aromatic heterocycles. The molecule has 22 heavy (non-hydrogen) atoms. The Hall–Kier alpha value is -0.730. The fraction of sp³-hybridized carbons (Fsp3) is 0.895. The molecule has 4 aliphatic rings. The van der Waals surface area contributed by atoms with Crippen LogP contribution in [0.25, 0.3) is 0 Å². The van der Waals surface area contributed by atoms with Gasteiger partial charge in [0.25, 0.3) is 0 Å². The molecule has 0 heterocycles. The topological polar surface area (TPSA) is 34.1 Å². The van der Waals surface area contributed by atoms with Gasteiger partial charge in [-0.3, -0.25) is 9.59 Å². The van der Waals surface area contributed by atoms with Crippen LogP contribution in [-0.4, -0.2) is 17.7 Å². The monoisotopic (exact) mass is 306 g/mol. The lowest BCUT2D eigenvalue weighted by Gasteiger charge is -2.57. The Bertz CT molecular complexity index is 530. The van der Waals surface area contributed by atoms with E-state index in [9.17, 15) is 14.0 Å². The van der Waals surface area contributed by atoms with E-state index in [0.717, 1.165) is 25.7 Å². The number of fused-ring (bicyclic) bond motifs is 5. The van der Waals surface area contributed by atoms with Crippen LogP contribution < -0.4 is 0 Å². The van der Waals surface area contributed by atoms with Crippen molar-refractivity contribution in [3.05, 3.63) is 0 Å². The first kappa shape index (κ1) is 14.8. The van der Waals surface area contributed by atoms with Gasteiger partial charge in [0, 0.05) is 24.2 Å². The number of rotatable bonds is 0. The fourth-order valence-electron chi connectivity index (χ4n) is 6.74. The van der Waals surface area contributed by atoms with Crippen LogP contribution in [0.3, 0.4) is 0 Å². The molecule has 4 aliphatic carbocycles. The van der Waals surface area contributed by atoms with E-state index in [1.54, 1.807) is 0 Å². The van der Waals surface area contributed by atoms with E-state index in [1.807, 2.05) is 0 Å². The van der Waals surface area contributed by atoms with Crippen LogP contribution in [-0.2, 0) is 9.59 Å². The zero-order valence-electron chi connectivity index (χ0n) is 13.7. The molecule has 0 radical (unpaired) electrons. The van der Waals surface area contributed by atoms with E-state index in [2.05, 4.69) is 13.8 Å². The Labute approximate surface area is 132 Å². The summed E-state index contributed by atoms with van der Waals surface area (Å²) in [6.45, 7) is 4.31. The third kappa shape index (κ3) is 1.77. The van der Waals surface area contributed by atoms with Crippen molar-refractivity contribution < 1.29 is 14.0 Å². The van der Waals surface area contributed by atoms with E-state index >= 15 is 0 Å². The third-order valence-electron chi connectivity index (χ3n) is 7.98. The van der Waals surface area contributed by atoms with Crippen LogP contribution in [0.1, 0.15) is 65.2 Å². The quantitative estimate of drug-likeness (QED) is 0.675. The highest BCUT2D eigenvalue weighted by molar-refractivity contribution is 5.91. The Balaban J connectivity index is 1.74. The maximum Gasteiger partial charge on any atom is 0.139 e. The largest absolute Gasteiger partial charge is 0.299 e. The van der Waals surface area contributed by atoms with Gasteiger partial charge in [0.1, 0.15) is 17.7 Å². The highest BCUT2D eigenvalue weighted by atomic mass is 19.1. The van der Waals surface area contributed by atoms with Gasteiger partial charge in [-0.25, -0.2) is 4.39 Å². The number of hydrogen-bond donors (Lipinski definition) is 0. The number of ketones is 2. The molecule has 0 spiro atoms. The van der Waals surface area contributed by atoms with Gasteiger partial charge in [0.05, 0.1) is 0 Å². The molecule has 2 unspecified atom stereocenters. The second-order valence-corrected chi connectivity index (χ2v) is 8.93. The molecule has 122 valence electrons. The second-order valence-electron chi connectivity index (χ2n) is 8.93. The maximum absolute atomic E-state index is 14.1. The lowest BCUT2D eigenvalue weighted by molar-refractivity contribution is -0.163. The van der Waals surface area contributed by atoms with Crippen molar-refractivity contribution in [1.29, 1.82) is 0 Å². The van der Waals surface area contributed by atoms with E-state index in [-0.39, 0.29) is 34.5 Å². The minimum atomic E-state index is -0.755. The Kier molecular flexibility index (Phi) is 3.13. The minimum Gasteiger partial charge on any atom is -0.299 e. The van der Waals surface area contributed by atoms with Gasteiger partial charge >= 0.3 is 0 Å². The molecular formula is C19H27FO2. The highest BCUT2D eigenvalue weighted by Gasteiger charge is 2.63. The lowest BCUT2D eigenvalue weighted by Crippen LogP contribution is -2.58. The molecule has 0 aromatic rings. The summed E-state index contributed by atoms with van der Waals surface area (Å²) in [5.41, 5.74) is -0.330. The molecule has 4 rings (SSSR count). The summed E-state index contributed by atoms with van der Waals surface area (Å²) in [7, 11) is 0. The zero-order chi connectivity index (χ0) is 15.7. The van der Waals surface area contributed by atoms with Crippen LogP contribution in [0.15, 0.2) is 0 Å². The van der Waals surface area contributed by atoms with Gasteiger partial charge in [0.2, 0.25) is 0 Å². The van der Waals surface area contributed by atoms with Gasteiger partial charge in [0.15, 0.2) is 0 Å². The highest BCUT2D eigenvalue weighted by Crippen LogP contribution is 2.64. The third-order valence-corrected chi connectivity index (χ3v) is 7.98. The van der Waals surface area contributed by atoms with Crippen LogP contribution in [0.2, 0.25) is 0 Å². The molecule has 4 saturated carbocycles. The molecule has 0 aromatic carbocycles. The SMILES string of the molecule is C[C@]12CC[C@@H]3[C@@H](C(=O)CC4CCCC(=O)[C@@]43C)[C@@H]1CC(F)C2. The summed E-state index contributed by atoms with van der Waals surface area (Å²) in [6.07, 6.45) is 5.53. The van der Waals surface area contributed by atoms with E-state index in [0.29, 0.717) is 37.2 Å². The van der Waals surface area contributed by atoms with Crippen molar-refractivity contribution in [3.63, 3.8) is 0 Å². The fourth-order valence-corrected chi connectivity index (χ4v) is 6.74. The lowest BCUT2D eigenvalue weighted by atomic mass is 9.45. The number of alkyl halides is 1. The average Bonchev–Trinajstić information content (AvgIpc) is 2.76. The molecule has 0 N–H and O–H groups in total. The van der Waals surface area contributed by atoms with Crippen molar-refractivity contribution in [2.24, 2.45) is 34.5 Å². The number of carbonyl (C=O) groups excluding carboxylic acids is 2. The molecule has 2 nitrogen and oxygen atoms in total. The van der Waals surface area contributed by atoms with E-state index in [4.69, 9.17) is 0 Å². The molecule has 7 atom stereocenters. The van der Waals surface area contributed by atoms with Gasteiger partial charge in [-0.2, -0.15) is 0 Å². The van der Waals surface area contributed by atoms with Crippen LogP contribution >= 0.6 is 0 Å². The van der Waals surface area contributed by atoms with Gasteiger partial charge < -0.3 is 0 Å². The normalized spacial score (nSPS) is 54.6. The van der Waals surface area contributed by atoms with Gasteiger partial charge in [-0.15, -0.1) is 0 Å². The van der Waals surface area contributed by atoms with Crippen molar-refractivity contribution in [2.45, 2.75) is 71.4 Å². The molecule has 0 aliphatic heterocycles. The molecule has 4 fully saturated rings. The van der Waals surface area contributed by atoms with Gasteiger partial charge in [-0.1, -0.05) is 13.8 Å². The Morgan fingerprint density at radius 3 is 2.68 bits per heavy atom. The molecule has 0 bridgehead atoms. The summed E-state index contributed by atoms with van der Waals surface area (Å²) in [5, 5.41) is 0. The number of halogens is 1. The predicted octanol–water partition coefficient (Wildman–Crippen LogP) is 4.12. The number of hydrogen-bond acceptors (Lipinski definition) is 2. The summed E-state index contributed by atoms with van der Waals surface area (Å²) in [5.74, 6) is 1.25. The maximum atomic E-state index is 14.1. The number of Topliss-reactive ketones (excluding diaryl/α,β-unsaturated/α-hetero) is 2. The smallest absolute Gasteiger partial charge is 0.139 e. The van der Waals surface area contributed by atoms with Crippen LogP contribution in [0.4, 0.5) is 4.39 Å². The van der Waals surface area contributed by atoms with Crippen LogP contribution in [0.5, 0.6) is 0 Å². The summed E-state index contributed by atoms with van der Waals surface area (Å²) < 4.78 is 14.1. The first-order valence-electron chi connectivity index (χ1n) is 9.06. The van der Waals surface area contributed by atoms with Crippen molar-refractivity contribution in [2.75, 3.05) is 0 Å². The Morgan fingerprint density at radius 2 is 1.91 bits per heavy atom. The Morgan fingerprint density at radius 1 is 1.14 bits per heavy atom. The minimum absolute atomic E-state index is 0.0167. The number of carbonyl (C=O) groups is 2. The zero-order valence-corrected chi connectivity index (χ0v) is 13.7. The average molecular weight is 306 g/mol. The first-order valence-corrected chi connectivity index (χ1v) is 9.06. The molecule has 0 saturated heterocycles. The second kappa shape index (κ2) is 4.64. The van der Waals surface area contributed by atoms with Crippen molar-refractivity contribution in [1.82, 2.24) is 0 Å². The van der Waals surface area contributed by atoms with Crippen LogP contribution in [0, 0.1) is 34.5 Å². The summed E-state index contributed by atoms with van der Waals surface area (Å²) >= 11 is 0. The molecule has 0 amide bonds. The summed E-state index contributed by atoms with van der Waals surface area (Å²) in [6, 6.07) is 0. The summed E-state index contributed by atoms with van der Waals surface area (Å²) in [4.78, 5) is 25.7. The predicted molar refractivity (Wildman–Crippen MR) is 82.0 cm³/mol. The standard InChI is InChI=1S/C19H27FO2/c1-18-7-6-13-17(14(18)9-12(20)10-18)15(21)8-11-4-3-5-16(22)19(11,13)2/h11-14,17H,3-10H2,1-2H3/t11?,12?,13-,14+,17-,18-,19+/m1/s1. The van der Waals surface area contributed by atoms with Crippen molar-refractivity contribution >= 4 is 11.6 Å². The van der Waals surface area contributed by atoms with Gasteiger partial charge in [-0.05, 0) is 61.7 Å². The molecule has 3 heteroatoms. The van der Waals surface area contributed by atoms with Crippen molar-refractivity contribution in [3.8, 4) is 0 Å². The first-order chi connectivity index (χ1) is 10.4. The van der Waals surface area contributed by atoms with E-state index in [1.165, 1.54) is 0 Å².